The highest BCUT2D eigenvalue weighted by Gasteiger charge is 2.16. The molecule has 0 atom stereocenters. The van der Waals surface area contributed by atoms with Gasteiger partial charge in [0.1, 0.15) is 11.6 Å². The Bertz CT molecular complexity index is 603. The van der Waals surface area contributed by atoms with Crippen molar-refractivity contribution in [2.45, 2.75) is 27.7 Å². The molecule has 0 saturated heterocycles. The van der Waals surface area contributed by atoms with E-state index in [-0.39, 0.29) is 0 Å². The Labute approximate surface area is 111 Å². The van der Waals surface area contributed by atoms with E-state index in [2.05, 4.69) is 20.4 Å². The van der Waals surface area contributed by atoms with Gasteiger partial charge in [-0.2, -0.15) is 5.10 Å². The maximum atomic E-state index is 6.17. The Morgan fingerprint density at radius 1 is 1.11 bits per heavy atom. The summed E-state index contributed by atoms with van der Waals surface area (Å²) in [4.78, 5) is 8.80. The summed E-state index contributed by atoms with van der Waals surface area (Å²) in [5.41, 5.74) is 2.64. The van der Waals surface area contributed by atoms with E-state index in [4.69, 9.17) is 11.6 Å². The number of aryl methyl sites for hydroxylation is 2. The molecule has 2 aromatic rings. The van der Waals surface area contributed by atoms with Crippen molar-refractivity contribution < 1.29 is 0 Å². The number of nitrogens with one attached hydrogen (secondary N) is 1. The number of nitrogens with zero attached hydrogens (tertiary/aromatic N) is 4. The summed E-state index contributed by atoms with van der Waals surface area (Å²) in [7, 11) is 1.84. The normalized spacial score (nSPS) is 10.8. The van der Waals surface area contributed by atoms with Crippen LogP contribution in [0.1, 0.15) is 22.8 Å². The summed E-state index contributed by atoms with van der Waals surface area (Å²) in [6.45, 7) is 7.63. The highest BCUT2D eigenvalue weighted by atomic mass is 35.5. The number of rotatable bonds is 2. The maximum Gasteiger partial charge on any atom is 0.162 e. The van der Waals surface area contributed by atoms with Crippen LogP contribution in [0.2, 0.25) is 5.02 Å². The third-order valence-corrected chi connectivity index (χ3v) is 3.42. The topological polar surface area (TPSA) is 55.6 Å². The van der Waals surface area contributed by atoms with Crippen molar-refractivity contribution >= 4 is 17.4 Å². The highest BCUT2D eigenvalue weighted by Crippen LogP contribution is 2.25. The van der Waals surface area contributed by atoms with Gasteiger partial charge in [-0.15, -0.1) is 0 Å². The van der Waals surface area contributed by atoms with Gasteiger partial charge in [-0.3, -0.25) is 0 Å². The molecule has 0 aliphatic carbocycles. The number of hydrogen-bond donors (Lipinski definition) is 1. The van der Waals surface area contributed by atoms with Crippen molar-refractivity contribution in [1.82, 2.24) is 19.7 Å². The smallest absolute Gasteiger partial charge is 0.162 e. The fourth-order valence-electron chi connectivity index (χ4n) is 1.89. The number of anilines is 1. The lowest BCUT2D eigenvalue weighted by atomic mass is 10.3. The third kappa shape index (κ3) is 1.95. The Morgan fingerprint density at radius 2 is 1.78 bits per heavy atom. The first-order valence-electron chi connectivity index (χ1n) is 5.70. The lowest BCUT2D eigenvalue weighted by Crippen LogP contribution is -2.10. The Kier molecular flexibility index (Phi) is 3.26. The van der Waals surface area contributed by atoms with Gasteiger partial charge in [0.2, 0.25) is 0 Å². The predicted molar refractivity (Wildman–Crippen MR) is 72.7 cm³/mol. The zero-order valence-corrected chi connectivity index (χ0v) is 11.9. The summed E-state index contributed by atoms with van der Waals surface area (Å²) in [6, 6.07) is 0. The molecule has 5 nitrogen and oxygen atoms in total. The molecule has 0 saturated carbocycles. The van der Waals surface area contributed by atoms with Crippen LogP contribution >= 0.6 is 11.6 Å². The molecule has 0 fully saturated rings. The molecule has 18 heavy (non-hydrogen) atoms. The molecule has 96 valence electrons. The first kappa shape index (κ1) is 12.8. The molecule has 0 spiro atoms. The fourth-order valence-corrected chi connectivity index (χ4v) is 2.01. The monoisotopic (exact) mass is 265 g/mol. The minimum atomic E-state index is 0.677. The maximum absolute atomic E-state index is 6.17. The van der Waals surface area contributed by atoms with Gasteiger partial charge in [-0.05, 0) is 27.7 Å². The lowest BCUT2D eigenvalue weighted by Gasteiger charge is -2.11. The highest BCUT2D eigenvalue weighted by molar-refractivity contribution is 6.31. The van der Waals surface area contributed by atoms with Gasteiger partial charge >= 0.3 is 0 Å². The van der Waals surface area contributed by atoms with Gasteiger partial charge < -0.3 is 5.32 Å². The summed E-state index contributed by atoms with van der Waals surface area (Å²) >= 11 is 6.17. The van der Waals surface area contributed by atoms with Crippen LogP contribution < -0.4 is 5.32 Å². The molecular formula is C12H16ClN5. The Morgan fingerprint density at radius 3 is 2.28 bits per heavy atom. The van der Waals surface area contributed by atoms with Gasteiger partial charge in [-0.25, -0.2) is 14.6 Å². The van der Waals surface area contributed by atoms with Crippen molar-refractivity contribution in [3.05, 3.63) is 27.8 Å². The van der Waals surface area contributed by atoms with E-state index in [1.165, 1.54) is 0 Å². The van der Waals surface area contributed by atoms with Crippen molar-refractivity contribution in [2.24, 2.45) is 0 Å². The average molecular weight is 266 g/mol. The van der Waals surface area contributed by atoms with Crippen molar-refractivity contribution in [1.29, 1.82) is 0 Å². The summed E-state index contributed by atoms with van der Waals surface area (Å²) in [6.07, 6.45) is 0. The van der Waals surface area contributed by atoms with E-state index in [0.29, 0.717) is 10.8 Å². The molecule has 0 aliphatic heterocycles. The van der Waals surface area contributed by atoms with Crippen LogP contribution in [0, 0.1) is 27.7 Å². The SMILES string of the molecule is CNc1nc(C)nc(-n2nc(C)c(Cl)c2C)c1C. The quantitative estimate of drug-likeness (QED) is 0.907. The molecule has 0 aliphatic rings. The van der Waals surface area contributed by atoms with E-state index in [1.54, 1.807) is 4.68 Å². The molecular weight excluding hydrogens is 250 g/mol. The molecule has 0 radical (unpaired) electrons. The first-order chi connectivity index (χ1) is 8.45. The van der Waals surface area contributed by atoms with Crippen LogP contribution in [0.5, 0.6) is 0 Å². The number of halogens is 1. The predicted octanol–water partition coefficient (Wildman–Crippen LogP) is 2.59. The van der Waals surface area contributed by atoms with Crippen LogP contribution in [0.3, 0.4) is 0 Å². The second-order valence-electron chi connectivity index (χ2n) is 4.21. The van der Waals surface area contributed by atoms with E-state index in [1.807, 2.05) is 34.7 Å². The third-order valence-electron chi connectivity index (χ3n) is 2.87. The van der Waals surface area contributed by atoms with Crippen molar-refractivity contribution in [3.63, 3.8) is 0 Å². The van der Waals surface area contributed by atoms with Gasteiger partial charge in [0.15, 0.2) is 5.82 Å². The summed E-state index contributed by atoms with van der Waals surface area (Å²) in [5.74, 6) is 2.27. The van der Waals surface area contributed by atoms with Crippen LogP contribution in [0.25, 0.3) is 5.82 Å². The average Bonchev–Trinajstić information content (AvgIpc) is 2.59. The molecule has 0 amide bonds. The fraction of sp³-hybridized carbons (Fsp3) is 0.417. The van der Waals surface area contributed by atoms with Gasteiger partial charge in [0.25, 0.3) is 0 Å². The van der Waals surface area contributed by atoms with Crippen LogP contribution in [0.4, 0.5) is 5.82 Å². The molecule has 2 heterocycles. The summed E-state index contributed by atoms with van der Waals surface area (Å²) < 4.78 is 1.77. The standard InChI is InChI=1S/C12H16ClN5/c1-6-11(14-5)15-9(4)16-12(6)18-8(3)10(13)7(2)17-18/h1-5H3,(H,14,15,16). The van der Waals surface area contributed by atoms with Crippen molar-refractivity contribution in [2.75, 3.05) is 12.4 Å². The Hall–Kier alpha value is -1.62. The first-order valence-corrected chi connectivity index (χ1v) is 6.08. The van der Waals surface area contributed by atoms with Gasteiger partial charge in [0.05, 0.1) is 16.4 Å². The largest absolute Gasteiger partial charge is 0.373 e. The minimum Gasteiger partial charge on any atom is -0.373 e. The Balaban J connectivity index is 2.70. The molecule has 2 aromatic heterocycles. The number of hydrogen-bond acceptors (Lipinski definition) is 4. The molecule has 1 N–H and O–H groups in total. The van der Waals surface area contributed by atoms with E-state index < -0.39 is 0 Å². The van der Waals surface area contributed by atoms with Crippen LogP contribution in [-0.2, 0) is 0 Å². The minimum absolute atomic E-state index is 0.677. The molecule has 6 heteroatoms. The van der Waals surface area contributed by atoms with E-state index in [0.717, 1.165) is 28.6 Å². The molecule has 0 unspecified atom stereocenters. The second kappa shape index (κ2) is 4.57. The molecule has 0 bridgehead atoms. The van der Waals surface area contributed by atoms with E-state index >= 15 is 0 Å². The molecule has 2 rings (SSSR count). The summed E-state index contributed by atoms with van der Waals surface area (Å²) in [5, 5.41) is 8.16. The van der Waals surface area contributed by atoms with Gasteiger partial charge in [0, 0.05) is 12.6 Å². The zero-order valence-electron chi connectivity index (χ0n) is 11.2. The lowest BCUT2D eigenvalue weighted by molar-refractivity contribution is 0.785. The van der Waals surface area contributed by atoms with Crippen LogP contribution in [0.15, 0.2) is 0 Å². The second-order valence-corrected chi connectivity index (χ2v) is 4.59. The van der Waals surface area contributed by atoms with E-state index in [9.17, 15) is 0 Å². The zero-order chi connectivity index (χ0) is 13.4. The van der Waals surface area contributed by atoms with Crippen molar-refractivity contribution in [3.8, 4) is 5.82 Å². The van der Waals surface area contributed by atoms with Gasteiger partial charge in [-0.1, -0.05) is 11.6 Å². The van der Waals surface area contributed by atoms with Crippen LogP contribution in [-0.4, -0.2) is 26.8 Å². The number of aromatic nitrogens is 4. The molecule has 0 aromatic carbocycles.